The lowest BCUT2D eigenvalue weighted by Crippen LogP contribution is -2.38. The van der Waals surface area contributed by atoms with Crippen molar-refractivity contribution in [2.75, 3.05) is 0 Å². The summed E-state index contributed by atoms with van der Waals surface area (Å²) < 4.78 is 1.96. The van der Waals surface area contributed by atoms with Gasteiger partial charge in [0.2, 0.25) is 0 Å². The maximum Gasteiger partial charge on any atom is 0.0540 e. The fourth-order valence-electron chi connectivity index (χ4n) is 1.33. The monoisotopic (exact) mass is 195 g/mol. The zero-order valence-corrected chi connectivity index (χ0v) is 9.62. The van der Waals surface area contributed by atoms with Crippen molar-refractivity contribution in [2.45, 2.75) is 46.2 Å². The fourth-order valence-corrected chi connectivity index (χ4v) is 1.33. The van der Waals surface area contributed by atoms with Crippen LogP contribution in [0.15, 0.2) is 12.4 Å². The second kappa shape index (κ2) is 4.13. The Morgan fingerprint density at radius 1 is 1.57 bits per heavy atom. The second-order valence-electron chi connectivity index (χ2n) is 4.43. The van der Waals surface area contributed by atoms with Crippen LogP contribution in [0.2, 0.25) is 0 Å². The van der Waals surface area contributed by atoms with Crippen LogP contribution in [-0.4, -0.2) is 9.78 Å². The quantitative estimate of drug-likeness (QED) is 0.799. The standard InChI is InChI=1S/C11H21N3/c1-5-6-14-8-10(7-13-14)11(4,12)9(2)3/h7-9H,5-6,12H2,1-4H3. The Bertz CT molecular complexity index is 286. The van der Waals surface area contributed by atoms with Gasteiger partial charge in [-0.2, -0.15) is 5.10 Å². The van der Waals surface area contributed by atoms with Gasteiger partial charge in [0.25, 0.3) is 0 Å². The van der Waals surface area contributed by atoms with Crippen molar-refractivity contribution in [2.24, 2.45) is 11.7 Å². The largest absolute Gasteiger partial charge is 0.321 e. The zero-order valence-electron chi connectivity index (χ0n) is 9.62. The fraction of sp³-hybridized carbons (Fsp3) is 0.727. The molecule has 1 heterocycles. The molecule has 0 saturated carbocycles. The van der Waals surface area contributed by atoms with E-state index in [1.54, 1.807) is 0 Å². The van der Waals surface area contributed by atoms with Crippen molar-refractivity contribution in [1.29, 1.82) is 0 Å². The van der Waals surface area contributed by atoms with Crippen LogP contribution in [0, 0.1) is 5.92 Å². The maximum absolute atomic E-state index is 6.24. The molecule has 80 valence electrons. The summed E-state index contributed by atoms with van der Waals surface area (Å²) in [5.74, 6) is 0.418. The van der Waals surface area contributed by atoms with Gasteiger partial charge < -0.3 is 5.73 Å². The molecular formula is C11H21N3. The minimum atomic E-state index is -0.272. The molecule has 0 saturated heterocycles. The smallest absolute Gasteiger partial charge is 0.0540 e. The Morgan fingerprint density at radius 2 is 2.21 bits per heavy atom. The molecule has 1 rings (SSSR count). The first-order valence-electron chi connectivity index (χ1n) is 5.30. The van der Waals surface area contributed by atoms with Gasteiger partial charge in [-0.1, -0.05) is 20.8 Å². The number of rotatable bonds is 4. The molecule has 0 aromatic carbocycles. The van der Waals surface area contributed by atoms with E-state index in [1.165, 1.54) is 0 Å². The average molecular weight is 195 g/mol. The summed E-state index contributed by atoms with van der Waals surface area (Å²) in [7, 11) is 0. The molecule has 0 amide bonds. The number of hydrogen-bond acceptors (Lipinski definition) is 2. The van der Waals surface area contributed by atoms with Gasteiger partial charge >= 0.3 is 0 Å². The minimum absolute atomic E-state index is 0.272. The van der Waals surface area contributed by atoms with Crippen LogP contribution in [0.3, 0.4) is 0 Å². The molecule has 1 aromatic heterocycles. The van der Waals surface area contributed by atoms with E-state index < -0.39 is 0 Å². The van der Waals surface area contributed by atoms with Crippen LogP contribution in [0.5, 0.6) is 0 Å². The molecule has 0 aliphatic rings. The molecule has 1 atom stereocenters. The molecule has 0 spiro atoms. The first-order chi connectivity index (χ1) is 6.48. The van der Waals surface area contributed by atoms with E-state index in [0.29, 0.717) is 5.92 Å². The Labute approximate surface area is 86.3 Å². The molecule has 0 fully saturated rings. The molecular weight excluding hydrogens is 174 g/mol. The number of aromatic nitrogens is 2. The number of nitrogens with two attached hydrogens (primary N) is 1. The lowest BCUT2D eigenvalue weighted by atomic mass is 9.84. The van der Waals surface area contributed by atoms with Gasteiger partial charge in [-0.3, -0.25) is 4.68 Å². The van der Waals surface area contributed by atoms with Crippen LogP contribution >= 0.6 is 0 Å². The van der Waals surface area contributed by atoms with Gasteiger partial charge in [0.15, 0.2) is 0 Å². The first kappa shape index (κ1) is 11.2. The highest BCUT2D eigenvalue weighted by Crippen LogP contribution is 2.25. The van der Waals surface area contributed by atoms with Crippen molar-refractivity contribution in [3.8, 4) is 0 Å². The SMILES string of the molecule is CCCn1cc(C(C)(N)C(C)C)cn1. The van der Waals surface area contributed by atoms with E-state index in [9.17, 15) is 0 Å². The van der Waals surface area contributed by atoms with E-state index in [4.69, 9.17) is 5.73 Å². The lowest BCUT2D eigenvalue weighted by molar-refractivity contribution is 0.350. The predicted octanol–water partition coefficient (Wildman–Crippen LogP) is 2.12. The highest BCUT2D eigenvalue weighted by molar-refractivity contribution is 5.17. The van der Waals surface area contributed by atoms with Crippen LogP contribution in [0.25, 0.3) is 0 Å². The molecule has 14 heavy (non-hydrogen) atoms. The van der Waals surface area contributed by atoms with E-state index in [1.807, 2.05) is 10.9 Å². The van der Waals surface area contributed by atoms with E-state index >= 15 is 0 Å². The Hall–Kier alpha value is -0.830. The van der Waals surface area contributed by atoms with E-state index in [2.05, 4.69) is 39.0 Å². The maximum atomic E-state index is 6.24. The number of nitrogens with zero attached hydrogens (tertiary/aromatic N) is 2. The summed E-state index contributed by atoms with van der Waals surface area (Å²) >= 11 is 0. The van der Waals surface area contributed by atoms with Gasteiger partial charge in [-0.25, -0.2) is 0 Å². The van der Waals surface area contributed by atoms with Crippen LogP contribution in [-0.2, 0) is 12.1 Å². The predicted molar refractivity (Wildman–Crippen MR) is 58.9 cm³/mol. The summed E-state index contributed by atoms with van der Waals surface area (Å²) in [5, 5.41) is 4.29. The van der Waals surface area contributed by atoms with Crippen molar-refractivity contribution < 1.29 is 0 Å². The second-order valence-corrected chi connectivity index (χ2v) is 4.43. The highest BCUT2D eigenvalue weighted by Gasteiger charge is 2.26. The zero-order chi connectivity index (χ0) is 10.8. The number of hydrogen-bond donors (Lipinski definition) is 1. The third-order valence-corrected chi connectivity index (χ3v) is 2.91. The van der Waals surface area contributed by atoms with Crippen molar-refractivity contribution >= 4 is 0 Å². The van der Waals surface area contributed by atoms with E-state index in [0.717, 1.165) is 18.5 Å². The van der Waals surface area contributed by atoms with Gasteiger partial charge in [0, 0.05) is 23.8 Å². The van der Waals surface area contributed by atoms with Crippen LogP contribution in [0.4, 0.5) is 0 Å². The third kappa shape index (κ3) is 2.15. The van der Waals surface area contributed by atoms with E-state index in [-0.39, 0.29) is 5.54 Å². The normalized spacial score (nSPS) is 15.9. The van der Waals surface area contributed by atoms with Crippen molar-refractivity contribution in [3.05, 3.63) is 18.0 Å². The van der Waals surface area contributed by atoms with Gasteiger partial charge in [0.05, 0.1) is 6.20 Å². The summed E-state index contributed by atoms with van der Waals surface area (Å²) in [6, 6.07) is 0. The molecule has 0 aliphatic carbocycles. The number of aryl methyl sites for hydroxylation is 1. The van der Waals surface area contributed by atoms with Crippen LogP contribution in [0.1, 0.15) is 39.7 Å². The summed E-state index contributed by atoms with van der Waals surface area (Å²) in [6.45, 7) is 9.44. The molecule has 3 nitrogen and oxygen atoms in total. The van der Waals surface area contributed by atoms with Gasteiger partial charge in [-0.05, 0) is 19.3 Å². The summed E-state index contributed by atoms with van der Waals surface area (Å²) in [4.78, 5) is 0. The topological polar surface area (TPSA) is 43.8 Å². The van der Waals surface area contributed by atoms with Crippen molar-refractivity contribution in [3.63, 3.8) is 0 Å². The molecule has 0 bridgehead atoms. The van der Waals surface area contributed by atoms with Crippen LogP contribution < -0.4 is 5.73 Å². The molecule has 0 radical (unpaired) electrons. The van der Waals surface area contributed by atoms with Gasteiger partial charge in [-0.15, -0.1) is 0 Å². The molecule has 0 aliphatic heterocycles. The lowest BCUT2D eigenvalue weighted by Gasteiger charge is -2.27. The Morgan fingerprint density at radius 3 is 2.71 bits per heavy atom. The average Bonchev–Trinajstić information content (AvgIpc) is 2.53. The highest BCUT2D eigenvalue weighted by atomic mass is 15.3. The van der Waals surface area contributed by atoms with Crippen molar-refractivity contribution in [1.82, 2.24) is 9.78 Å². The third-order valence-electron chi connectivity index (χ3n) is 2.91. The molecule has 2 N–H and O–H groups in total. The molecule has 1 unspecified atom stereocenters. The Kier molecular flexibility index (Phi) is 3.32. The molecule has 1 aromatic rings. The minimum Gasteiger partial charge on any atom is -0.321 e. The summed E-state index contributed by atoms with van der Waals surface area (Å²) in [6.07, 6.45) is 5.04. The summed E-state index contributed by atoms with van der Waals surface area (Å²) in [5.41, 5.74) is 7.09. The first-order valence-corrected chi connectivity index (χ1v) is 5.30. The van der Waals surface area contributed by atoms with Gasteiger partial charge in [0.1, 0.15) is 0 Å². The Balaban J connectivity index is 2.85. The molecule has 3 heteroatoms.